The summed E-state index contributed by atoms with van der Waals surface area (Å²) < 4.78 is 0. The second kappa shape index (κ2) is 6.33. The van der Waals surface area contributed by atoms with Crippen LogP contribution in [0.1, 0.15) is 18.1 Å². The molecule has 1 aromatic rings. The minimum atomic E-state index is 0.0496. The fourth-order valence-electron chi connectivity index (χ4n) is 2.07. The quantitative estimate of drug-likeness (QED) is 0.346. The first kappa shape index (κ1) is 14.3. The molecule has 0 spiro atoms. The topological polar surface area (TPSA) is 35.9 Å². The maximum Gasteiger partial charge on any atom is 0.0742 e. The molecule has 1 atom stereocenters. The molecule has 0 amide bonds. The Morgan fingerprint density at radius 1 is 1.44 bits per heavy atom. The third-order valence-corrected chi connectivity index (χ3v) is 5.39. The van der Waals surface area contributed by atoms with Crippen molar-refractivity contribution in [3.63, 3.8) is 0 Å². The van der Waals surface area contributed by atoms with Gasteiger partial charge in [0.05, 0.1) is 15.3 Å². The molecule has 1 aromatic carbocycles. The van der Waals surface area contributed by atoms with Crippen LogP contribution in [0.25, 0.3) is 0 Å². The molecule has 1 heterocycles. The van der Waals surface area contributed by atoms with Crippen LogP contribution in [-0.4, -0.2) is 23.4 Å². The van der Waals surface area contributed by atoms with Crippen LogP contribution in [-0.2, 0) is 12.8 Å². The Bertz CT molecular complexity index is 463. The molecule has 2 rings (SSSR count). The van der Waals surface area contributed by atoms with Gasteiger partial charge in [0.2, 0.25) is 0 Å². The van der Waals surface area contributed by atoms with Gasteiger partial charge in [-0.3, -0.25) is 5.41 Å². The largest absolute Gasteiger partial charge is 0.316 e. The van der Waals surface area contributed by atoms with E-state index in [0.717, 1.165) is 35.8 Å². The first-order valence-corrected chi connectivity index (χ1v) is 7.75. The summed E-state index contributed by atoms with van der Waals surface area (Å²) in [5.41, 5.74) is 2.73. The Kier molecular flexibility index (Phi) is 5.01. The van der Waals surface area contributed by atoms with Crippen molar-refractivity contribution in [1.29, 1.82) is 5.41 Å². The van der Waals surface area contributed by atoms with Crippen molar-refractivity contribution in [3.05, 3.63) is 28.3 Å². The molecule has 0 aromatic heterocycles. The second-order valence-electron chi connectivity index (χ2n) is 4.41. The average molecular weight is 301 g/mol. The van der Waals surface area contributed by atoms with Crippen LogP contribution in [0.2, 0.25) is 5.02 Å². The Morgan fingerprint density at radius 3 is 2.89 bits per heavy atom. The maximum absolute atomic E-state index is 7.59. The van der Waals surface area contributed by atoms with Crippen LogP contribution in [0.5, 0.6) is 0 Å². The van der Waals surface area contributed by atoms with E-state index in [4.69, 9.17) is 17.0 Å². The smallest absolute Gasteiger partial charge is 0.0742 e. The Labute approximate surface area is 123 Å². The standard InChI is InChI=1S/C13H17ClN2S2/c1-8(13(15)17)18-12-10-5-7-16-6-4-9(10)2-3-11(12)14/h2-3,8,16H,4-7H2,1H3,(H2,15,17). The summed E-state index contributed by atoms with van der Waals surface area (Å²) in [6.45, 7) is 4.01. The molecule has 1 unspecified atom stereocenters. The number of thiol groups is 1. The Morgan fingerprint density at radius 2 is 2.17 bits per heavy atom. The molecule has 0 saturated heterocycles. The molecule has 1 aliphatic heterocycles. The van der Waals surface area contributed by atoms with Crippen LogP contribution >= 0.6 is 36.0 Å². The van der Waals surface area contributed by atoms with E-state index < -0.39 is 0 Å². The molecule has 2 N–H and O–H groups in total. The number of fused-ring (bicyclic) bond motifs is 1. The van der Waals surface area contributed by atoms with Crippen molar-refractivity contribution in [2.45, 2.75) is 29.9 Å². The van der Waals surface area contributed by atoms with Gasteiger partial charge in [-0.15, -0.1) is 24.4 Å². The summed E-state index contributed by atoms with van der Waals surface area (Å²) in [7, 11) is 0. The predicted octanol–water partition coefficient (Wildman–Crippen LogP) is 3.42. The normalized spacial score (nSPS) is 16.8. The molecule has 0 aliphatic carbocycles. The van der Waals surface area contributed by atoms with Crippen LogP contribution in [0.4, 0.5) is 0 Å². The van der Waals surface area contributed by atoms with Gasteiger partial charge in [0.15, 0.2) is 0 Å². The molecule has 18 heavy (non-hydrogen) atoms. The number of hydrogen-bond acceptors (Lipinski definition) is 3. The monoisotopic (exact) mass is 300 g/mol. The number of rotatable bonds is 3. The van der Waals surface area contributed by atoms with Gasteiger partial charge in [0.25, 0.3) is 0 Å². The second-order valence-corrected chi connectivity index (χ2v) is 6.65. The SMILES string of the molecule is CC(Sc1c(Cl)ccc2c1CCNCC2)C(=N)S. The van der Waals surface area contributed by atoms with Crippen molar-refractivity contribution in [2.75, 3.05) is 13.1 Å². The van der Waals surface area contributed by atoms with E-state index in [9.17, 15) is 0 Å². The van der Waals surface area contributed by atoms with E-state index in [0.29, 0.717) is 5.04 Å². The highest BCUT2D eigenvalue weighted by Crippen LogP contribution is 2.36. The zero-order valence-electron chi connectivity index (χ0n) is 10.3. The summed E-state index contributed by atoms with van der Waals surface area (Å²) in [5.74, 6) is 0. The summed E-state index contributed by atoms with van der Waals surface area (Å²) in [5, 5.41) is 12.2. The fourth-order valence-corrected chi connectivity index (χ4v) is 3.56. The zero-order chi connectivity index (χ0) is 13.1. The zero-order valence-corrected chi connectivity index (χ0v) is 12.8. The lowest BCUT2D eigenvalue weighted by Gasteiger charge is -2.16. The van der Waals surface area contributed by atoms with Crippen molar-refractivity contribution >= 4 is 41.0 Å². The molecule has 5 heteroatoms. The van der Waals surface area contributed by atoms with Gasteiger partial charge in [-0.2, -0.15) is 0 Å². The van der Waals surface area contributed by atoms with Crippen molar-refractivity contribution < 1.29 is 0 Å². The molecule has 1 aliphatic rings. The summed E-state index contributed by atoms with van der Waals surface area (Å²) in [6, 6.07) is 4.11. The van der Waals surface area contributed by atoms with Gasteiger partial charge < -0.3 is 5.32 Å². The molecule has 0 saturated carbocycles. The van der Waals surface area contributed by atoms with Crippen LogP contribution in [0, 0.1) is 5.41 Å². The third-order valence-electron chi connectivity index (χ3n) is 3.11. The Balaban J connectivity index is 2.35. The lowest BCUT2D eigenvalue weighted by Crippen LogP contribution is -2.16. The summed E-state index contributed by atoms with van der Waals surface area (Å²) in [4.78, 5) is 1.13. The van der Waals surface area contributed by atoms with Crippen molar-refractivity contribution in [3.8, 4) is 0 Å². The van der Waals surface area contributed by atoms with E-state index >= 15 is 0 Å². The number of halogens is 1. The maximum atomic E-state index is 7.59. The average Bonchev–Trinajstić information content (AvgIpc) is 2.57. The number of benzene rings is 1. The summed E-state index contributed by atoms with van der Waals surface area (Å²) >= 11 is 12.1. The van der Waals surface area contributed by atoms with Crippen molar-refractivity contribution in [2.24, 2.45) is 0 Å². The van der Waals surface area contributed by atoms with Crippen LogP contribution < -0.4 is 5.32 Å². The van der Waals surface area contributed by atoms with Gasteiger partial charge in [-0.05, 0) is 50.0 Å². The van der Waals surface area contributed by atoms with E-state index in [-0.39, 0.29) is 5.25 Å². The van der Waals surface area contributed by atoms with Crippen LogP contribution in [0.15, 0.2) is 17.0 Å². The molecule has 0 bridgehead atoms. The van der Waals surface area contributed by atoms with E-state index in [1.165, 1.54) is 11.1 Å². The fraction of sp³-hybridized carbons (Fsp3) is 0.462. The third kappa shape index (κ3) is 3.23. The molecule has 98 valence electrons. The van der Waals surface area contributed by atoms with Crippen LogP contribution in [0.3, 0.4) is 0 Å². The number of thioether (sulfide) groups is 1. The molecule has 0 fully saturated rings. The highest BCUT2D eigenvalue weighted by Gasteiger charge is 2.18. The first-order chi connectivity index (χ1) is 8.59. The lowest BCUT2D eigenvalue weighted by atomic mass is 10.0. The number of nitrogens with one attached hydrogen (secondary N) is 2. The lowest BCUT2D eigenvalue weighted by molar-refractivity contribution is 0.709. The molecular formula is C13H17ClN2S2. The minimum Gasteiger partial charge on any atom is -0.316 e. The number of hydrogen-bond donors (Lipinski definition) is 3. The van der Waals surface area contributed by atoms with Gasteiger partial charge in [-0.1, -0.05) is 17.7 Å². The van der Waals surface area contributed by atoms with Gasteiger partial charge >= 0.3 is 0 Å². The highest BCUT2D eigenvalue weighted by molar-refractivity contribution is 8.05. The molecule has 2 nitrogen and oxygen atoms in total. The predicted molar refractivity (Wildman–Crippen MR) is 83.8 cm³/mol. The van der Waals surface area contributed by atoms with Gasteiger partial charge in [-0.25, -0.2) is 0 Å². The van der Waals surface area contributed by atoms with Gasteiger partial charge in [0, 0.05) is 4.90 Å². The molecular weight excluding hydrogens is 284 g/mol. The molecule has 0 radical (unpaired) electrons. The minimum absolute atomic E-state index is 0.0496. The van der Waals surface area contributed by atoms with Crippen molar-refractivity contribution in [1.82, 2.24) is 5.32 Å². The first-order valence-electron chi connectivity index (χ1n) is 6.04. The summed E-state index contributed by atoms with van der Waals surface area (Å²) in [6.07, 6.45) is 2.05. The van der Waals surface area contributed by atoms with E-state index in [1.807, 2.05) is 13.0 Å². The van der Waals surface area contributed by atoms with E-state index in [2.05, 4.69) is 24.0 Å². The van der Waals surface area contributed by atoms with E-state index in [1.54, 1.807) is 11.8 Å². The highest BCUT2D eigenvalue weighted by atomic mass is 35.5. The van der Waals surface area contributed by atoms with Gasteiger partial charge in [0.1, 0.15) is 0 Å². The Hall–Kier alpha value is -0.160.